The Kier molecular flexibility index (Phi) is 4.93. The molecule has 3 atom stereocenters. The molecule has 3 aromatic heterocycles. The molecule has 3 aliphatic rings. The molecule has 3 fully saturated rings. The molecule has 3 aliphatic heterocycles. The summed E-state index contributed by atoms with van der Waals surface area (Å²) in [5.74, 6) is 2.31. The highest BCUT2D eigenvalue weighted by atomic mass is 16.5. The van der Waals surface area contributed by atoms with Crippen LogP contribution in [0, 0.1) is 18.3 Å². The maximum absolute atomic E-state index is 9.40. The molecule has 1 unspecified atom stereocenters. The number of nitriles is 1. The fraction of sp³-hybridized carbons (Fsp3) is 0.500. The Balaban J connectivity index is 1.25. The molecule has 6 rings (SSSR count). The van der Waals surface area contributed by atoms with Crippen LogP contribution in [0.1, 0.15) is 37.8 Å². The first-order chi connectivity index (χ1) is 16.1. The van der Waals surface area contributed by atoms with Gasteiger partial charge in [0.05, 0.1) is 36.8 Å². The second-order valence-corrected chi connectivity index (χ2v) is 9.64. The fourth-order valence-corrected chi connectivity index (χ4v) is 5.95. The number of piperidine rings is 1. The summed E-state index contributed by atoms with van der Waals surface area (Å²) in [5, 5.41) is 24.7. The predicted octanol–water partition coefficient (Wildman–Crippen LogP) is 3.49. The number of hydrogen-bond donors (Lipinski definition) is 3. The molecule has 0 aliphatic carbocycles. The van der Waals surface area contributed by atoms with Crippen molar-refractivity contribution in [2.75, 3.05) is 23.8 Å². The van der Waals surface area contributed by atoms with E-state index in [1.165, 1.54) is 12.8 Å². The van der Waals surface area contributed by atoms with Crippen molar-refractivity contribution in [2.24, 2.45) is 0 Å². The summed E-state index contributed by atoms with van der Waals surface area (Å²) in [4.78, 5) is 12.1. The minimum Gasteiger partial charge on any atom is -0.377 e. The van der Waals surface area contributed by atoms with Crippen LogP contribution in [-0.4, -0.2) is 61.9 Å². The van der Waals surface area contributed by atoms with Gasteiger partial charge in [0, 0.05) is 47.5 Å². The van der Waals surface area contributed by atoms with Crippen LogP contribution in [0.15, 0.2) is 30.5 Å². The predicted molar refractivity (Wildman–Crippen MR) is 125 cm³/mol. The normalized spacial score (nSPS) is 26.0. The van der Waals surface area contributed by atoms with Crippen molar-refractivity contribution in [1.82, 2.24) is 25.1 Å². The summed E-state index contributed by atoms with van der Waals surface area (Å²) < 4.78 is 5.56. The molecule has 0 aromatic carbocycles. The molecule has 9 nitrogen and oxygen atoms in total. The second-order valence-electron chi connectivity index (χ2n) is 9.64. The number of fused-ring (bicyclic) bond motifs is 3. The SMILES string of the molecule is Cc1cc(Nc2cc3ncccc3c(NC3C[C@H]4CC[C@@H](C3)N4C3(CC#N)COC3)n2)n[nH]1. The van der Waals surface area contributed by atoms with Gasteiger partial charge < -0.3 is 15.4 Å². The molecule has 3 aromatic rings. The number of rotatable bonds is 6. The summed E-state index contributed by atoms with van der Waals surface area (Å²) in [6, 6.07) is 11.6. The lowest BCUT2D eigenvalue weighted by Gasteiger charge is -2.54. The highest BCUT2D eigenvalue weighted by molar-refractivity contribution is 5.91. The van der Waals surface area contributed by atoms with E-state index in [4.69, 9.17) is 9.72 Å². The van der Waals surface area contributed by atoms with E-state index in [9.17, 15) is 5.26 Å². The topological polar surface area (TPSA) is 115 Å². The molecule has 170 valence electrons. The number of anilines is 3. The van der Waals surface area contributed by atoms with Crippen LogP contribution in [0.2, 0.25) is 0 Å². The number of aromatic amines is 1. The number of H-pyrrole nitrogens is 1. The van der Waals surface area contributed by atoms with Gasteiger partial charge in [-0.15, -0.1) is 0 Å². The molecule has 33 heavy (non-hydrogen) atoms. The van der Waals surface area contributed by atoms with Gasteiger partial charge in [0.2, 0.25) is 0 Å². The third-order valence-corrected chi connectivity index (χ3v) is 7.33. The van der Waals surface area contributed by atoms with Gasteiger partial charge in [-0.2, -0.15) is 10.4 Å². The van der Waals surface area contributed by atoms with Crippen LogP contribution in [0.25, 0.3) is 10.9 Å². The van der Waals surface area contributed by atoms with Crippen LogP contribution >= 0.6 is 0 Å². The zero-order chi connectivity index (χ0) is 22.4. The van der Waals surface area contributed by atoms with E-state index in [1.54, 1.807) is 0 Å². The van der Waals surface area contributed by atoms with Gasteiger partial charge >= 0.3 is 0 Å². The number of aromatic nitrogens is 4. The first kappa shape index (κ1) is 20.4. The third kappa shape index (κ3) is 3.59. The van der Waals surface area contributed by atoms with Crippen molar-refractivity contribution < 1.29 is 4.74 Å². The number of nitrogens with zero attached hydrogens (tertiary/aromatic N) is 5. The molecule has 6 heterocycles. The van der Waals surface area contributed by atoms with Crippen LogP contribution in [0.4, 0.5) is 17.5 Å². The molecule has 3 N–H and O–H groups in total. The molecular weight excluding hydrogens is 416 g/mol. The smallest absolute Gasteiger partial charge is 0.153 e. The summed E-state index contributed by atoms with van der Waals surface area (Å²) in [5.41, 5.74) is 1.80. The molecule has 0 saturated carbocycles. The lowest BCUT2D eigenvalue weighted by molar-refractivity contribution is -0.162. The van der Waals surface area contributed by atoms with E-state index in [2.05, 4.69) is 42.9 Å². The quantitative estimate of drug-likeness (QED) is 0.529. The molecule has 0 amide bonds. The minimum absolute atomic E-state index is 0.0774. The van der Waals surface area contributed by atoms with Crippen LogP contribution in [0.5, 0.6) is 0 Å². The Morgan fingerprint density at radius 1 is 1.24 bits per heavy atom. The number of pyridine rings is 2. The second kappa shape index (κ2) is 7.97. The first-order valence-electron chi connectivity index (χ1n) is 11.7. The molecule has 9 heteroatoms. The van der Waals surface area contributed by atoms with Gasteiger partial charge in [0.15, 0.2) is 5.82 Å². The molecule has 3 saturated heterocycles. The van der Waals surface area contributed by atoms with Crippen molar-refractivity contribution in [1.29, 1.82) is 5.26 Å². The highest BCUT2D eigenvalue weighted by Crippen LogP contribution is 2.45. The van der Waals surface area contributed by atoms with E-state index < -0.39 is 0 Å². The van der Waals surface area contributed by atoms with Crippen molar-refractivity contribution >= 4 is 28.4 Å². The number of hydrogen-bond acceptors (Lipinski definition) is 8. The highest BCUT2D eigenvalue weighted by Gasteiger charge is 2.54. The fourth-order valence-electron chi connectivity index (χ4n) is 5.95. The largest absolute Gasteiger partial charge is 0.377 e. The Bertz CT molecular complexity index is 1200. The van der Waals surface area contributed by atoms with E-state index in [-0.39, 0.29) is 5.54 Å². The standard InChI is InChI=1S/C24H28N8O/c1-15-9-22(31-30-15)28-21-12-20-19(3-2-8-26-20)23(29-21)27-16-10-17-4-5-18(11-16)32(17)24(6-7-25)13-33-14-24/h2-3,8-9,12,16-18H,4-6,10-11,13-14H2,1H3,(H3,27,28,29,30,31)/t16?,17-,18+. The molecule has 0 radical (unpaired) electrons. The molecule has 2 bridgehead atoms. The average molecular weight is 445 g/mol. The average Bonchev–Trinajstić information content (AvgIpc) is 3.30. The summed E-state index contributed by atoms with van der Waals surface area (Å²) in [6.45, 7) is 3.34. The maximum Gasteiger partial charge on any atom is 0.153 e. The zero-order valence-electron chi connectivity index (χ0n) is 18.7. The van der Waals surface area contributed by atoms with Crippen LogP contribution in [-0.2, 0) is 4.74 Å². The van der Waals surface area contributed by atoms with Gasteiger partial charge in [-0.25, -0.2) is 4.98 Å². The number of nitrogens with one attached hydrogen (secondary N) is 3. The van der Waals surface area contributed by atoms with Gasteiger partial charge in [-0.1, -0.05) is 0 Å². The Hall–Kier alpha value is -3.22. The van der Waals surface area contributed by atoms with Gasteiger partial charge in [-0.3, -0.25) is 15.0 Å². The van der Waals surface area contributed by atoms with Crippen molar-refractivity contribution in [3.63, 3.8) is 0 Å². The lowest BCUT2D eigenvalue weighted by Crippen LogP contribution is -2.67. The van der Waals surface area contributed by atoms with Crippen molar-refractivity contribution in [3.8, 4) is 6.07 Å². The first-order valence-corrected chi connectivity index (χ1v) is 11.7. The third-order valence-electron chi connectivity index (χ3n) is 7.33. The molecule has 0 spiro atoms. The van der Waals surface area contributed by atoms with E-state index >= 15 is 0 Å². The maximum atomic E-state index is 9.40. The van der Waals surface area contributed by atoms with Gasteiger partial charge in [0.25, 0.3) is 0 Å². The number of ether oxygens (including phenoxy) is 1. The number of aryl methyl sites for hydroxylation is 1. The Morgan fingerprint density at radius 3 is 2.73 bits per heavy atom. The van der Waals surface area contributed by atoms with E-state index in [0.29, 0.717) is 37.8 Å². The van der Waals surface area contributed by atoms with Crippen LogP contribution < -0.4 is 10.6 Å². The van der Waals surface area contributed by atoms with Gasteiger partial charge in [-0.05, 0) is 44.7 Å². The lowest BCUT2D eigenvalue weighted by atomic mass is 9.85. The van der Waals surface area contributed by atoms with Crippen molar-refractivity contribution in [2.45, 2.75) is 62.7 Å². The van der Waals surface area contributed by atoms with E-state index in [1.807, 2.05) is 31.3 Å². The summed E-state index contributed by atoms with van der Waals surface area (Å²) in [6.07, 6.45) is 6.82. The van der Waals surface area contributed by atoms with E-state index in [0.717, 1.165) is 46.9 Å². The summed E-state index contributed by atoms with van der Waals surface area (Å²) in [7, 11) is 0. The van der Waals surface area contributed by atoms with Crippen molar-refractivity contribution in [3.05, 3.63) is 36.2 Å². The zero-order valence-corrected chi connectivity index (χ0v) is 18.7. The van der Waals surface area contributed by atoms with Crippen LogP contribution in [0.3, 0.4) is 0 Å². The minimum atomic E-state index is -0.0774. The molecular formula is C24H28N8O. The monoisotopic (exact) mass is 444 g/mol. The summed E-state index contributed by atoms with van der Waals surface area (Å²) >= 11 is 0. The van der Waals surface area contributed by atoms with Gasteiger partial charge in [0.1, 0.15) is 11.6 Å². The Morgan fingerprint density at radius 2 is 2.06 bits per heavy atom. The Labute approximate surface area is 192 Å².